The maximum atomic E-state index is 13.0. The van der Waals surface area contributed by atoms with Gasteiger partial charge in [-0.3, -0.25) is 4.79 Å². The highest BCUT2D eigenvalue weighted by Gasteiger charge is 2.30. The summed E-state index contributed by atoms with van der Waals surface area (Å²) in [6.45, 7) is 11.4. The molecule has 1 atom stereocenters. The van der Waals surface area contributed by atoms with Crippen molar-refractivity contribution in [2.45, 2.75) is 53.0 Å². The van der Waals surface area contributed by atoms with Crippen molar-refractivity contribution in [3.63, 3.8) is 0 Å². The second-order valence-corrected chi connectivity index (χ2v) is 8.80. The number of carbonyl (C=O) groups is 1. The molecule has 3 nitrogen and oxygen atoms in total. The molecule has 0 saturated heterocycles. The molecule has 0 spiro atoms. The quantitative estimate of drug-likeness (QED) is 0.477. The third-order valence-corrected chi connectivity index (χ3v) is 6.21. The first-order chi connectivity index (χ1) is 15.5. The molecule has 0 fully saturated rings. The first kappa shape index (κ1) is 23.7. The van der Waals surface area contributed by atoms with Crippen LogP contribution in [-0.4, -0.2) is 17.5 Å². The summed E-state index contributed by atoms with van der Waals surface area (Å²) >= 11 is 0. The number of allylic oxidation sites excluding steroid dienone is 5. The van der Waals surface area contributed by atoms with Crippen molar-refractivity contribution in [3.05, 3.63) is 100 Å². The van der Waals surface area contributed by atoms with Gasteiger partial charge >= 0.3 is 0 Å². The van der Waals surface area contributed by atoms with Gasteiger partial charge in [0, 0.05) is 25.1 Å². The minimum Gasteiger partial charge on any atom is -0.396 e. The van der Waals surface area contributed by atoms with Gasteiger partial charge < -0.3 is 10.4 Å². The maximum absolute atomic E-state index is 13.0. The number of benzene rings is 2. The molecule has 32 heavy (non-hydrogen) atoms. The largest absolute Gasteiger partial charge is 0.396 e. The number of carbonyl (C=O) groups excluding carboxylic acids is 1. The van der Waals surface area contributed by atoms with Gasteiger partial charge in [-0.25, -0.2) is 0 Å². The molecule has 1 aliphatic carbocycles. The Morgan fingerprint density at radius 3 is 2.47 bits per heavy atom. The number of hydrogen-bond acceptors (Lipinski definition) is 3. The van der Waals surface area contributed by atoms with Gasteiger partial charge in [0.25, 0.3) is 0 Å². The Kier molecular flexibility index (Phi) is 8.24. The molecule has 2 aromatic rings. The predicted molar refractivity (Wildman–Crippen MR) is 133 cm³/mol. The molecule has 2 aromatic carbocycles. The molecule has 0 bridgehead atoms. The first-order valence-electron chi connectivity index (χ1n) is 11.6. The van der Waals surface area contributed by atoms with Crippen molar-refractivity contribution in [2.75, 3.05) is 6.61 Å². The summed E-state index contributed by atoms with van der Waals surface area (Å²) in [5, 5.41) is 13.3. The Morgan fingerprint density at radius 2 is 1.81 bits per heavy atom. The van der Waals surface area contributed by atoms with Crippen LogP contribution in [0, 0.1) is 12.8 Å². The lowest BCUT2D eigenvalue weighted by Gasteiger charge is -2.22. The second-order valence-electron chi connectivity index (χ2n) is 8.80. The monoisotopic (exact) mass is 429 g/mol. The highest BCUT2D eigenvalue weighted by Crippen LogP contribution is 2.41. The van der Waals surface area contributed by atoms with Crippen LogP contribution in [0.1, 0.15) is 56.2 Å². The van der Waals surface area contributed by atoms with Gasteiger partial charge in [0.05, 0.1) is 5.70 Å². The molecule has 3 heteroatoms. The van der Waals surface area contributed by atoms with Crippen LogP contribution in [0.15, 0.2) is 83.6 Å². The van der Waals surface area contributed by atoms with E-state index in [9.17, 15) is 9.90 Å². The maximum Gasteiger partial charge on any atom is 0.183 e. The molecule has 1 unspecified atom stereocenters. The Labute approximate surface area is 192 Å². The van der Waals surface area contributed by atoms with E-state index in [4.69, 9.17) is 0 Å². The van der Waals surface area contributed by atoms with Crippen LogP contribution in [0.5, 0.6) is 0 Å². The fourth-order valence-electron chi connectivity index (χ4n) is 4.59. The number of ketones is 1. The minimum atomic E-state index is 0.0899. The Balaban J connectivity index is 2.11. The van der Waals surface area contributed by atoms with Gasteiger partial charge in [-0.05, 0) is 60.4 Å². The predicted octanol–water partition coefficient (Wildman–Crippen LogP) is 6.14. The zero-order valence-corrected chi connectivity index (χ0v) is 19.6. The molecule has 3 rings (SSSR count). The van der Waals surface area contributed by atoms with E-state index in [1.54, 1.807) is 0 Å². The summed E-state index contributed by atoms with van der Waals surface area (Å²) in [6, 6.07) is 18.4. The second kappa shape index (κ2) is 11.1. The zero-order chi connectivity index (χ0) is 23.1. The van der Waals surface area contributed by atoms with E-state index in [0.717, 1.165) is 47.1 Å². The highest BCUT2D eigenvalue weighted by molar-refractivity contribution is 6.08. The number of nitrogens with one attached hydrogen (secondary N) is 1. The van der Waals surface area contributed by atoms with Crippen molar-refractivity contribution in [1.29, 1.82) is 0 Å². The van der Waals surface area contributed by atoms with Crippen LogP contribution in [0.25, 0.3) is 5.57 Å². The lowest BCUT2D eigenvalue weighted by atomic mass is 9.84. The molecule has 0 radical (unpaired) electrons. The molecule has 0 amide bonds. The third kappa shape index (κ3) is 5.46. The van der Waals surface area contributed by atoms with Crippen LogP contribution >= 0.6 is 0 Å². The number of rotatable bonds is 10. The average Bonchev–Trinajstić information content (AvgIpc) is 3.07. The van der Waals surface area contributed by atoms with Crippen LogP contribution in [0.3, 0.4) is 0 Å². The molecular weight excluding hydrogens is 394 g/mol. The van der Waals surface area contributed by atoms with Crippen molar-refractivity contribution in [3.8, 4) is 0 Å². The first-order valence-corrected chi connectivity index (χ1v) is 11.6. The molecule has 0 heterocycles. The average molecular weight is 430 g/mol. The number of aryl methyl sites for hydroxylation is 1. The SMILES string of the molecule is C=C1CC(=O)C(NCc2ccccc2)=C1/C(=C(/C)CC(CO)CCC)c1ccccc1C. The summed E-state index contributed by atoms with van der Waals surface area (Å²) in [6.07, 6.45) is 3.15. The molecule has 0 aromatic heterocycles. The van der Waals surface area contributed by atoms with Crippen molar-refractivity contribution in [1.82, 2.24) is 5.32 Å². The van der Waals surface area contributed by atoms with E-state index < -0.39 is 0 Å². The number of aliphatic hydroxyl groups excluding tert-OH is 1. The van der Waals surface area contributed by atoms with Crippen LogP contribution in [0.4, 0.5) is 0 Å². The number of aliphatic hydroxyl groups is 1. The standard InChI is InChI=1S/C29H35NO2/c1-5-11-24(19-31)16-21(3)27(25-15-10-9-12-20(25)2)28-22(4)17-26(32)29(28)30-18-23-13-7-6-8-14-23/h6-10,12-15,24,30-31H,4-5,11,16-19H2,1-3H3/b27-21-. The molecule has 0 aliphatic heterocycles. The van der Waals surface area contributed by atoms with Crippen LogP contribution in [-0.2, 0) is 11.3 Å². The zero-order valence-electron chi connectivity index (χ0n) is 19.6. The van der Waals surface area contributed by atoms with Crippen molar-refractivity contribution >= 4 is 11.4 Å². The van der Waals surface area contributed by atoms with E-state index in [1.807, 2.05) is 30.3 Å². The molecule has 2 N–H and O–H groups in total. The summed E-state index contributed by atoms with van der Waals surface area (Å²) in [5.74, 6) is 0.304. The fraction of sp³-hybridized carbons (Fsp3) is 0.345. The summed E-state index contributed by atoms with van der Waals surface area (Å²) < 4.78 is 0. The Hall–Kier alpha value is -2.91. The van der Waals surface area contributed by atoms with E-state index in [2.05, 4.69) is 56.9 Å². The van der Waals surface area contributed by atoms with Gasteiger partial charge in [-0.15, -0.1) is 0 Å². The van der Waals surface area contributed by atoms with E-state index in [-0.39, 0.29) is 18.3 Å². The Bertz CT molecular complexity index is 1030. The lowest BCUT2D eigenvalue weighted by Crippen LogP contribution is -2.19. The fourth-order valence-corrected chi connectivity index (χ4v) is 4.59. The summed E-state index contributed by atoms with van der Waals surface area (Å²) in [5.41, 5.74) is 8.16. The van der Waals surface area contributed by atoms with E-state index in [1.165, 1.54) is 11.1 Å². The highest BCUT2D eigenvalue weighted by atomic mass is 16.3. The van der Waals surface area contributed by atoms with Gasteiger partial charge in [-0.2, -0.15) is 0 Å². The van der Waals surface area contributed by atoms with Gasteiger partial charge in [-0.1, -0.05) is 80.1 Å². The van der Waals surface area contributed by atoms with Crippen molar-refractivity contribution < 1.29 is 9.90 Å². The van der Waals surface area contributed by atoms with Crippen molar-refractivity contribution in [2.24, 2.45) is 5.92 Å². The molecule has 168 valence electrons. The van der Waals surface area contributed by atoms with Gasteiger partial charge in [0.15, 0.2) is 5.78 Å². The van der Waals surface area contributed by atoms with Gasteiger partial charge in [0.2, 0.25) is 0 Å². The summed E-state index contributed by atoms with van der Waals surface area (Å²) in [7, 11) is 0. The van der Waals surface area contributed by atoms with Gasteiger partial charge in [0.1, 0.15) is 0 Å². The van der Waals surface area contributed by atoms with E-state index >= 15 is 0 Å². The van der Waals surface area contributed by atoms with Crippen LogP contribution in [0.2, 0.25) is 0 Å². The molecule has 0 saturated carbocycles. The van der Waals surface area contributed by atoms with Crippen LogP contribution < -0.4 is 5.32 Å². The normalized spacial score (nSPS) is 15.8. The Morgan fingerprint density at radius 1 is 1.12 bits per heavy atom. The number of hydrogen-bond donors (Lipinski definition) is 2. The topological polar surface area (TPSA) is 49.3 Å². The minimum absolute atomic E-state index is 0.0899. The molecular formula is C29H35NO2. The molecule has 1 aliphatic rings. The van der Waals surface area contributed by atoms with E-state index in [0.29, 0.717) is 18.7 Å². The lowest BCUT2D eigenvalue weighted by molar-refractivity contribution is -0.114. The summed E-state index contributed by atoms with van der Waals surface area (Å²) in [4.78, 5) is 13.0. The smallest absolute Gasteiger partial charge is 0.183 e. The number of Topliss-reactive ketones (excluding diaryl/α,β-unsaturated/α-hetero) is 1. The third-order valence-electron chi connectivity index (χ3n) is 6.21.